The van der Waals surface area contributed by atoms with Crippen LogP contribution in [0.2, 0.25) is 5.02 Å². The van der Waals surface area contributed by atoms with Crippen molar-refractivity contribution in [3.05, 3.63) is 47.0 Å². The Bertz CT molecular complexity index is 666. The molecule has 1 N–H and O–H groups in total. The van der Waals surface area contributed by atoms with Crippen LogP contribution in [0.1, 0.15) is 10.4 Å². The van der Waals surface area contributed by atoms with E-state index in [2.05, 4.69) is 0 Å². The van der Waals surface area contributed by atoms with Gasteiger partial charge >= 0.3 is 5.97 Å². The second kappa shape index (κ2) is 4.48. The maximum atomic E-state index is 11.3. The van der Waals surface area contributed by atoms with Crippen LogP contribution in [0.5, 0.6) is 11.5 Å². The lowest BCUT2D eigenvalue weighted by atomic mass is 9.99. The van der Waals surface area contributed by atoms with E-state index in [9.17, 15) is 9.90 Å². The lowest BCUT2D eigenvalue weighted by Gasteiger charge is -2.08. The zero-order valence-electron chi connectivity index (χ0n) is 9.72. The SMILES string of the molecule is O=C(O)c1c(Cl)cccc1-c1ccc2c(c1)OCO2. The van der Waals surface area contributed by atoms with E-state index in [-0.39, 0.29) is 17.4 Å². The molecule has 2 aromatic carbocycles. The molecule has 0 atom stereocenters. The molecule has 0 unspecified atom stereocenters. The Kier molecular flexibility index (Phi) is 2.80. The van der Waals surface area contributed by atoms with Crippen LogP contribution in [0.3, 0.4) is 0 Å². The Morgan fingerprint density at radius 3 is 2.74 bits per heavy atom. The van der Waals surface area contributed by atoms with Gasteiger partial charge in [-0.2, -0.15) is 0 Å². The summed E-state index contributed by atoms with van der Waals surface area (Å²) in [6.45, 7) is 0.181. The van der Waals surface area contributed by atoms with Crippen LogP contribution in [-0.4, -0.2) is 17.9 Å². The standard InChI is InChI=1S/C14H9ClO4/c15-10-3-1-2-9(13(10)14(16)17)8-4-5-11-12(6-8)19-7-18-11/h1-6H,7H2,(H,16,17). The molecule has 19 heavy (non-hydrogen) atoms. The van der Waals surface area contributed by atoms with Gasteiger partial charge in [0, 0.05) is 0 Å². The smallest absolute Gasteiger partial charge is 0.337 e. The Hall–Kier alpha value is -2.20. The third kappa shape index (κ3) is 2.00. The molecule has 96 valence electrons. The lowest BCUT2D eigenvalue weighted by Crippen LogP contribution is -2.00. The number of carbonyl (C=O) groups is 1. The number of hydrogen-bond donors (Lipinski definition) is 1. The molecule has 0 fully saturated rings. The molecule has 1 aliphatic rings. The van der Waals surface area contributed by atoms with Gasteiger partial charge in [0.2, 0.25) is 6.79 Å². The number of aromatic carboxylic acids is 1. The molecule has 0 saturated heterocycles. The molecule has 0 radical (unpaired) electrons. The monoisotopic (exact) mass is 276 g/mol. The van der Waals surface area contributed by atoms with Crippen molar-refractivity contribution in [2.45, 2.75) is 0 Å². The third-order valence-electron chi connectivity index (χ3n) is 2.91. The zero-order valence-corrected chi connectivity index (χ0v) is 10.5. The Balaban J connectivity index is 2.17. The predicted octanol–water partition coefficient (Wildman–Crippen LogP) is 3.43. The molecular formula is C14H9ClO4. The first-order valence-corrected chi connectivity index (χ1v) is 5.96. The van der Waals surface area contributed by atoms with Gasteiger partial charge < -0.3 is 14.6 Å². The van der Waals surface area contributed by atoms with Gasteiger partial charge in [0.05, 0.1) is 10.6 Å². The van der Waals surface area contributed by atoms with Crippen molar-refractivity contribution in [2.75, 3.05) is 6.79 Å². The second-order valence-corrected chi connectivity index (χ2v) is 4.44. The second-order valence-electron chi connectivity index (χ2n) is 4.04. The van der Waals surface area contributed by atoms with Crippen LogP contribution in [0.4, 0.5) is 0 Å². The number of benzene rings is 2. The summed E-state index contributed by atoms with van der Waals surface area (Å²) >= 11 is 5.95. The van der Waals surface area contributed by atoms with Gasteiger partial charge in [-0.05, 0) is 29.3 Å². The van der Waals surface area contributed by atoms with Crippen LogP contribution in [-0.2, 0) is 0 Å². The van der Waals surface area contributed by atoms with E-state index in [0.717, 1.165) is 5.56 Å². The van der Waals surface area contributed by atoms with E-state index >= 15 is 0 Å². The molecule has 0 saturated carbocycles. The van der Waals surface area contributed by atoms with Crippen LogP contribution >= 0.6 is 11.6 Å². The normalized spacial score (nSPS) is 12.5. The van der Waals surface area contributed by atoms with Crippen molar-refractivity contribution in [1.82, 2.24) is 0 Å². The van der Waals surface area contributed by atoms with Crippen molar-refractivity contribution < 1.29 is 19.4 Å². The molecule has 0 aliphatic carbocycles. The van der Waals surface area contributed by atoms with E-state index in [0.29, 0.717) is 17.1 Å². The van der Waals surface area contributed by atoms with Crippen molar-refractivity contribution in [2.24, 2.45) is 0 Å². The quantitative estimate of drug-likeness (QED) is 0.913. The van der Waals surface area contributed by atoms with Gasteiger partial charge in [-0.3, -0.25) is 0 Å². The first-order chi connectivity index (χ1) is 9.16. The summed E-state index contributed by atoms with van der Waals surface area (Å²) in [7, 11) is 0. The number of hydrogen-bond acceptors (Lipinski definition) is 3. The predicted molar refractivity (Wildman–Crippen MR) is 70.0 cm³/mol. The number of ether oxygens (including phenoxy) is 2. The average molecular weight is 277 g/mol. The maximum Gasteiger partial charge on any atom is 0.337 e. The molecular weight excluding hydrogens is 268 g/mol. The van der Waals surface area contributed by atoms with E-state index in [1.807, 2.05) is 0 Å². The minimum atomic E-state index is -1.06. The number of fused-ring (bicyclic) bond motifs is 1. The minimum absolute atomic E-state index is 0.0861. The van der Waals surface area contributed by atoms with Gasteiger partial charge in [-0.25, -0.2) is 4.79 Å². The van der Waals surface area contributed by atoms with Crippen molar-refractivity contribution in [1.29, 1.82) is 0 Å². The summed E-state index contributed by atoms with van der Waals surface area (Å²) in [6, 6.07) is 10.3. The Morgan fingerprint density at radius 2 is 1.95 bits per heavy atom. The van der Waals surface area contributed by atoms with Gasteiger partial charge in [-0.15, -0.1) is 0 Å². The van der Waals surface area contributed by atoms with Crippen LogP contribution in [0, 0.1) is 0 Å². The zero-order chi connectivity index (χ0) is 13.4. The molecule has 1 heterocycles. The van der Waals surface area contributed by atoms with Gasteiger partial charge in [0.15, 0.2) is 11.5 Å². The molecule has 1 aliphatic heterocycles. The highest BCUT2D eigenvalue weighted by atomic mass is 35.5. The molecule has 0 spiro atoms. The maximum absolute atomic E-state index is 11.3. The molecule has 5 heteroatoms. The van der Waals surface area contributed by atoms with E-state index < -0.39 is 5.97 Å². The fourth-order valence-corrected chi connectivity index (χ4v) is 2.30. The summed E-state index contributed by atoms with van der Waals surface area (Å²) in [5.41, 5.74) is 1.37. The van der Waals surface area contributed by atoms with Gasteiger partial charge in [0.25, 0.3) is 0 Å². The highest BCUT2D eigenvalue weighted by Gasteiger charge is 2.19. The largest absolute Gasteiger partial charge is 0.478 e. The minimum Gasteiger partial charge on any atom is -0.478 e. The molecule has 4 nitrogen and oxygen atoms in total. The van der Waals surface area contributed by atoms with E-state index in [1.54, 1.807) is 36.4 Å². The van der Waals surface area contributed by atoms with Crippen LogP contribution in [0.15, 0.2) is 36.4 Å². The molecule has 0 aromatic heterocycles. The fraction of sp³-hybridized carbons (Fsp3) is 0.0714. The number of carboxylic acid groups (broad SMARTS) is 1. The number of halogens is 1. The molecule has 0 bridgehead atoms. The summed E-state index contributed by atoms with van der Waals surface area (Å²) in [6.07, 6.45) is 0. The van der Waals surface area contributed by atoms with Crippen molar-refractivity contribution in [3.63, 3.8) is 0 Å². The fourth-order valence-electron chi connectivity index (χ4n) is 2.05. The summed E-state index contributed by atoms with van der Waals surface area (Å²) in [4.78, 5) is 11.3. The van der Waals surface area contributed by atoms with Crippen LogP contribution < -0.4 is 9.47 Å². The average Bonchev–Trinajstić information content (AvgIpc) is 2.85. The summed E-state index contributed by atoms with van der Waals surface area (Å²) in [5, 5.41) is 9.47. The molecule has 2 aromatic rings. The first kappa shape index (κ1) is 11.9. The highest BCUT2D eigenvalue weighted by Crippen LogP contribution is 2.37. The number of rotatable bonds is 2. The van der Waals surface area contributed by atoms with Crippen LogP contribution in [0.25, 0.3) is 11.1 Å². The molecule has 3 rings (SSSR count). The van der Waals surface area contributed by atoms with Gasteiger partial charge in [-0.1, -0.05) is 29.8 Å². The van der Waals surface area contributed by atoms with Crippen molar-refractivity contribution in [3.8, 4) is 22.6 Å². The van der Waals surface area contributed by atoms with Gasteiger partial charge in [0.1, 0.15) is 0 Å². The summed E-state index contributed by atoms with van der Waals surface area (Å²) in [5.74, 6) is 0.203. The topological polar surface area (TPSA) is 55.8 Å². The highest BCUT2D eigenvalue weighted by molar-refractivity contribution is 6.34. The summed E-state index contributed by atoms with van der Waals surface area (Å²) < 4.78 is 10.5. The Labute approximate surface area is 114 Å². The van der Waals surface area contributed by atoms with Crippen molar-refractivity contribution >= 4 is 17.6 Å². The Morgan fingerprint density at radius 1 is 1.16 bits per heavy atom. The third-order valence-corrected chi connectivity index (χ3v) is 3.23. The van der Waals surface area contributed by atoms with E-state index in [4.69, 9.17) is 21.1 Å². The first-order valence-electron chi connectivity index (χ1n) is 5.58. The van der Waals surface area contributed by atoms with E-state index in [1.165, 1.54) is 0 Å². The number of carboxylic acids is 1. The lowest BCUT2D eigenvalue weighted by molar-refractivity contribution is 0.0698. The molecule has 0 amide bonds.